The number of likely N-dealkylation sites (tertiary alicyclic amines) is 1. The first-order valence-electron chi connectivity index (χ1n) is 7.83. The van der Waals surface area contributed by atoms with Crippen LogP contribution >= 0.6 is 0 Å². The van der Waals surface area contributed by atoms with E-state index in [0.717, 1.165) is 32.1 Å². The van der Waals surface area contributed by atoms with E-state index in [1.807, 2.05) is 6.92 Å². The number of nitrogens with two attached hydrogens (primary N) is 1. The Balaban J connectivity index is 1.79. The third kappa shape index (κ3) is 1.99. The quantitative estimate of drug-likeness (QED) is 0.788. The molecule has 0 aromatic rings. The van der Waals surface area contributed by atoms with Crippen molar-refractivity contribution in [3.05, 3.63) is 0 Å². The average molecular weight is 280 g/mol. The van der Waals surface area contributed by atoms with E-state index in [-0.39, 0.29) is 30.0 Å². The first-order chi connectivity index (χ1) is 9.59. The van der Waals surface area contributed by atoms with Gasteiger partial charge in [0.1, 0.15) is 0 Å². The minimum Gasteiger partial charge on any atom is -0.376 e. The van der Waals surface area contributed by atoms with Crippen LogP contribution < -0.4 is 5.73 Å². The summed E-state index contributed by atoms with van der Waals surface area (Å²) in [6, 6.07) is -0.366. The molecule has 3 unspecified atom stereocenters. The predicted molar refractivity (Wildman–Crippen MR) is 73.8 cm³/mol. The Kier molecular flexibility index (Phi) is 3.58. The Morgan fingerprint density at radius 2 is 2.00 bits per heavy atom. The van der Waals surface area contributed by atoms with Gasteiger partial charge >= 0.3 is 0 Å². The van der Waals surface area contributed by atoms with Gasteiger partial charge in [-0.2, -0.15) is 0 Å². The number of amides is 2. The van der Waals surface area contributed by atoms with E-state index in [9.17, 15) is 9.59 Å². The van der Waals surface area contributed by atoms with Gasteiger partial charge in [0.05, 0.1) is 17.6 Å². The fourth-order valence-electron chi connectivity index (χ4n) is 4.11. The van der Waals surface area contributed by atoms with Gasteiger partial charge in [0, 0.05) is 19.1 Å². The van der Waals surface area contributed by atoms with Gasteiger partial charge in [0.2, 0.25) is 11.8 Å². The number of hydrogen-bond donors (Lipinski definition) is 1. The first-order valence-corrected chi connectivity index (χ1v) is 7.83. The Hall–Kier alpha value is -0.940. The van der Waals surface area contributed by atoms with Crippen LogP contribution in [0, 0.1) is 5.41 Å². The van der Waals surface area contributed by atoms with Crippen LogP contribution in [0.25, 0.3) is 0 Å². The number of nitrogens with zero attached hydrogens (tertiary/aromatic N) is 1. The van der Waals surface area contributed by atoms with Crippen LogP contribution in [0.5, 0.6) is 0 Å². The van der Waals surface area contributed by atoms with Crippen LogP contribution in [0.1, 0.15) is 51.9 Å². The molecule has 1 spiro atoms. The molecule has 3 atom stereocenters. The highest BCUT2D eigenvalue weighted by molar-refractivity contribution is 6.06. The maximum atomic E-state index is 12.8. The third-order valence-electron chi connectivity index (χ3n) is 5.24. The molecular formula is C15H24N2O3. The van der Waals surface area contributed by atoms with E-state index in [2.05, 4.69) is 0 Å². The molecule has 2 N–H and O–H groups in total. The average Bonchev–Trinajstić information content (AvgIpc) is 2.64. The van der Waals surface area contributed by atoms with Crippen molar-refractivity contribution >= 4 is 11.8 Å². The summed E-state index contributed by atoms with van der Waals surface area (Å²) in [7, 11) is 0. The monoisotopic (exact) mass is 280 g/mol. The normalized spacial score (nSPS) is 36.5. The zero-order valence-electron chi connectivity index (χ0n) is 12.1. The SMILES string of the molecule is CCOC1CC(N)C1N1C(=O)CC2(CCCCC2)C1=O. The highest BCUT2D eigenvalue weighted by Crippen LogP contribution is 2.47. The van der Waals surface area contributed by atoms with Gasteiger partial charge < -0.3 is 10.5 Å². The molecule has 3 aliphatic rings. The molecule has 1 aliphatic heterocycles. The van der Waals surface area contributed by atoms with E-state index in [0.29, 0.717) is 13.0 Å². The highest BCUT2D eigenvalue weighted by Gasteiger charge is 2.58. The van der Waals surface area contributed by atoms with Crippen molar-refractivity contribution < 1.29 is 14.3 Å². The first kappa shape index (κ1) is 14.0. The van der Waals surface area contributed by atoms with Gasteiger partial charge in [-0.25, -0.2) is 0 Å². The molecule has 5 heteroatoms. The molecule has 1 saturated heterocycles. The molecule has 2 saturated carbocycles. The van der Waals surface area contributed by atoms with Crippen molar-refractivity contribution in [2.45, 2.75) is 70.1 Å². The van der Waals surface area contributed by atoms with Gasteiger partial charge in [-0.3, -0.25) is 14.5 Å². The molecule has 20 heavy (non-hydrogen) atoms. The molecule has 0 bridgehead atoms. The maximum Gasteiger partial charge on any atom is 0.236 e. The lowest BCUT2D eigenvalue weighted by Gasteiger charge is -2.46. The Bertz CT molecular complexity index is 415. The van der Waals surface area contributed by atoms with E-state index in [1.54, 1.807) is 0 Å². The van der Waals surface area contributed by atoms with E-state index in [1.165, 1.54) is 11.3 Å². The fraction of sp³-hybridized carbons (Fsp3) is 0.867. The molecular weight excluding hydrogens is 256 g/mol. The number of carbonyl (C=O) groups excluding carboxylic acids is 2. The molecule has 0 aromatic heterocycles. The molecule has 5 nitrogen and oxygen atoms in total. The van der Waals surface area contributed by atoms with E-state index < -0.39 is 5.41 Å². The molecule has 2 amide bonds. The van der Waals surface area contributed by atoms with E-state index in [4.69, 9.17) is 10.5 Å². The summed E-state index contributed by atoms with van der Waals surface area (Å²) >= 11 is 0. The fourth-order valence-corrected chi connectivity index (χ4v) is 4.11. The molecule has 2 aliphatic carbocycles. The highest BCUT2D eigenvalue weighted by atomic mass is 16.5. The van der Waals surface area contributed by atoms with Crippen molar-refractivity contribution in [3.63, 3.8) is 0 Å². The summed E-state index contributed by atoms with van der Waals surface area (Å²) in [5, 5.41) is 0. The summed E-state index contributed by atoms with van der Waals surface area (Å²) in [6.45, 7) is 2.52. The van der Waals surface area contributed by atoms with Gasteiger partial charge in [-0.05, 0) is 26.2 Å². The van der Waals surface area contributed by atoms with Crippen molar-refractivity contribution in [2.24, 2.45) is 11.1 Å². The minimum absolute atomic E-state index is 0.0204. The van der Waals surface area contributed by atoms with E-state index >= 15 is 0 Å². The maximum absolute atomic E-state index is 12.8. The van der Waals surface area contributed by atoms with Gasteiger partial charge in [-0.1, -0.05) is 19.3 Å². The standard InChI is InChI=1S/C15H24N2O3/c1-2-20-11-8-10(16)13(11)17-12(18)9-15(14(17)19)6-4-3-5-7-15/h10-11,13H,2-9,16H2,1H3. The molecule has 3 fully saturated rings. The number of ether oxygens (including phenoxy) is 1. The summed E-state index contributed by atoms with van der Waals surface area (Å²) in [5.41, 5.74) is 5.62. The lowest BCUT2D eigenvalue weighted by atomic mass is 9.72. The lowest BCUT2D eigenvalue weighted by Crippen LogP contribution is -2.66. The van der Waals surface area contributed by atoms with Crippen molar-refractivity contribution in [2.75, 3.05) is 6.61 Å². The van der Waals surface area contributed by atoms with Crippen LogP contribution in [0.4, 0.5) is 0 Å². The number of carbonyl (C=O) groups is 2. The van der Waals surface area contributed by atoms with Crippen LogP contribution in [0.3, 0.4) is 0 Å². The minimum atomic E-state index is -0.415. The molecule has 1 heterocycles. The Labute approximate surface area is 119 Å². The van der Waals surface area contributed by atoms with Crippen molar-refractivity contribution in [1.29, 1.82) is 0 Å². The van der Waals surface area contributed by atoms with Gasteiger partial charge in [0.25, 0.3) is 0 Å². The van der Waals surface area contributed by atoms with Crippen LogP contribution in [-0.2, 0) is 14.3 Å². The van der Waals surface area contributed by atoms with Gasteiger partial charge in [0.15, 0.2) is 0 Å². The molecule has 112 valence electrons. The number of rotatable bonds is 3. The van der Waals surface area contributed by atoms with Gasteiger partial charge in [-0.15, -0.1) is 0 Å². The Morgan fingerprint density at radius 1 is 1.30 bits per heavy atom. The number of imide groups is 1. The Morgan fingerprint density at radius 3 is 2.60 bits per heavy atom. The van der Waals surface area contributed by atoms with Crippen LogP contribution in [0.15, 0.2) is 0 Å². The third-order valence-corrected chi connectivity index (χ3v) is 5.24. The second kappa shape index (κ2) is 5.11. The predicted octanol–water partition coefficient (Wildman–Crippen LogP) is 1.20. The van der Waals surface area contributed by atoms with Crippen molar-refractivity contribution in [3.8, 4) is 0 Å². The smallest absolute Gasteiger partial charge is 0.236 e. The summed E-state index contributed by atoms with van der Waals surface area (Å²) < 4.78 is 5.62. The van der Waals surface area contributed by atoms with Crippen LogP contribution in [-0.4, -0.2) is 41.5 Å². The second-order valence-electron chi connectivity index (χ2n) is 6.47. The summed E-state index contributed by atoms with van der Waals surface area (Å²) in [5.74, 6) is -0.0196. The topological polar surface area (TPSA) is 72.6 Å². The molecule has 0 aromatic carbocycles. The largest absolute Gasteiger partial charge is 0.376 e. The van der Waals surface area contributed by atoms with Crippen molar-refractivity contribution in [1.82, 2.24) is 4.90 Å². The van der Waals surface area contributed by atoms with Crippen LogP contribution in [0.2, 0.25) is 0 Å². The summed E-state index contributed by atoms with van der Waals surface area (Å²) in [4.78, 5) is 26.7. The zero-order chi connectivity index (χ0) is 14.3. The number of hydrogen-bond acceptors (Lipinski definition) is 4. The molecule has 3 rings (SSSR count). The summed E-state index contributed by atoms with van der Waals surface area (Å²) in [6.07, 6.45) is 6.05. The lowest BCUT2D eigenvalue weighted by molar-refractivity contribution is -0.156. The molecule has 0 radical (unpaired) electrons. The zero-order valence-corrected chi connectivity index (χ0v) is 12.1. The second-order valence-corrected chi connectivity index (χ2v) is 6.47.